The number of fused-ring (bicyclic) bond motifs is 3. The van der Waals surface area contributed by atoms with Crippen LogP contribution in [0.5, 0.6) is 5.75 Å². The molecule has 2 aliphatic rings. The zero-order valence-electron chi connectivity index (χ0n) is 25.2. The molecule has 0 spiro atoms. The first-order valence-corrected chi connectivity index (χ1v) is 15.9. The third-order valence-electron chi connectivity index (χ3n) is 8.54. The molecule has 2 N–H and O–H groups in total. The summed E-state index contributed by atoms with van der Waals surface area (Å²) in [7, 11) is 1.62. The van der Waals surface area contributed by atoms with Crippen LogP contribution in [0.1, 0.15) is 30.5 Å². The lowest BCUT2D eigenvalue weighted by Crippen LogP contribution is -2.57. The normalized spacial score (nSPS) is 17.5. The van der Waals surface area contributed by atoms with E-state index in [1.54, 1.807) is 54.4 Å². The molecule has 0 radical (unpaired) electrons. The minimum atomic E-state index is -0.853. The predicted octanol–water partition coefficient (Wildman–Crippen LogP) is 5.88. The Balaban J connectivity index is 1.20. The molecule has 3 aromatic carbocycles. The summed E-state index contributed by atoms with van der Waals surface area (Å²) >= 11 is 12.2. The highest BCUT2D eigenvalue weighted by molar-refractivity contribution is 6.42. The van der Waals surface area contributed by atoms with Crippen LogP contribution >= 0.6 is 23.2 Å². The lowest BCUT2D eigenvalue weighted by Gasteiger charge is -2.38. The minimum absolute atomic E-state index is 0.00638. The largest absolute Gasteiger partial charge is 0.426 e. The number of aromatic amines is 1. The summed E-state index contributed by atoms with van der Waals surface area (Å²) < 4.78 is 5.35. The van der Waals surface area contributed by atoms with Crippen molar-refractivity contribution in [3.63, 3.8) is 0 Å². The number of rotatable bonds is 7. The number of urea groups is 1. The minimum Gasteiger partial charge on any atom is -0.426 e. The first kappa shape index (κ1) is 31.4. The van der Waals surface area contributed by atoms with Gasteiger partial charge in [-0.1, -0.05) is 59.6 Å². The number of aromatic nitrogens is 1. The molecule has 1 aromatic heterocycles. The van der Waals surface area contributed by atoms with Crippen LogP contribution < -0.4 is 10.1 Å². The number of halogens is 2. The summed E-state index contributed by atoms with van der Waals surface area (Å²) in [6.07, 6.45) is 1.43. The molecule has 4 aromatic rings. The van der Waals surface area contributed by atoms with Gasteiger partial charge in [0.2, 0.25) is 11.8 Å². The fourth-order valence-electron chi connectivity index (χ4n) is 6.18. The second-order valence-corrected chi connectivity index (χ2v) is 12.3. The molecule has 3 heterocycles. The van der Waals surface area contributed by atoms with Gasteiger partial charge in [-0.15, -0.1) is 0 Å². The van der Waals surface area contributed by atoms with Gasteiger partial charge >= 0.3 is 12.0 Å². The van der Waals surface area contributed by atoms with Gasteiger partial charge in [0.1, 0.15) is 17.8 Å². The first-order valence-electron chi connectivity index (χ1n) is 15.1. The number of amides is 4. The lowest BCUT2D eigenvalue weighted by atomic mass is 9.95. The Labute approximate surface area is 276 Å². The van der Waals surface area contributed by atoms with Gasteiger partial charge in [-0.2, -0.15) is 0 Å². The zero-order valence-corrected chi connectivity index (χ0v) is 26.7. The molecule has 0 bridgehead atoms. The van der Waals surface area contributed by atoms with Crippen molar-refractivity contribution in [1.29, 1.82) is 0 Å². The molecule has 1 saturated heterocycles. The Morgan fingerprint density at radius 2 is 1.72 bits per heavy atom. The van der Waals surface area contributed by atoms with Gasteiger partial charge in [-0.3, -0.25) is 14.4 Å². The summed E-state index contributed by atoms with van der Waals surface area (Å²) in [5.41, 5.74) is 3.19. The van der Waals surface area contributed by atoms with Crippen LogP contribution in [0.3, 0.4) is 0 Å². The van der Waals surface area contributed by atoms with E-state index in [-0.39, 0.29) is 37.7 Å². The van der Waals surface area contributed by atoms with Crippen LogP contribution in [0.4, 0.5) is 10.5 Å². The van der Waals surface area contributed by atoms with Crippen LogP contribution in [0.25, 0.3) is 10.9 Å². The summed E-state index contributed by atoms with van der Waals surface area (Å²) in [6, 6.07) is 19.3. The maximum absolute atomic E-state index is 14.4. The van der Waals surface area contributed by atoms with E-state index >= 15 is 0 Å². The van der Waals surface area contributed by atoms with Crippen molar-refractivity contribution in [1.82, 2.24) is 19.7 Å². The fraction of sp³-hybridized carbons (Fsp3) is 0.294. The highest BCUT2D eigenvalue weighted by Gasteiger charge is 2.43. The van der Waals surface area contributed by atoms with Gasteiger partial charge in [0.05, 0.1) is 23.0 Å². The van der Waals surface area contributed by atoms with E-state index in [1.807, 2.05) is 30.3 Å². The van der Waals surface area contributed by atoms with Crippen molar-refractivity contribution in [3.05, 3.63) is 94.1 Å². The lowest BCUT2D eigenvalue weighted by molar-refractivity contribution is -0.146. The van der Waals surface area contributed by atoms with E-state index in [2.05, 4.69) is 10.3 Å². The van der Waals surface area contributed by atoms with Crippen molar-refractivity contribution < 1.29 is 23.9 Å². The number of hydrogen-bond acceptors (Lipinski definition) is 5. The Morgan fingerprint density at radius 1 is 0.957 bits per heavy atom. The van der Waals surface area contributed by atoms with Crippen LogP contribution in [0, 0.1) is 0 Å². The van der Waals surface area contributed by atoms with Crippen molar-refractivity contribution >= 4 is 63.6 Å². The number of ether oxygens (including phenoxy) is 1. The maximum atomic E-state index is 14.4. The fourth-order valence-corrected chi connectivity index (χ4v) is 6.48. The van der Waals surface area contributed by atoms with Gasteiger partial charge < -0.3 is 29.7 Å². The number of anilines is 1. The average molecular weight is 663 g/mol. The van der Waals surface area contributed by atoms with Crippen molar-refractivity contribution in [3.8, 4) is 5.75 Å². The number of hydrogen-bond donors (Lipinski definition) is 2. The number of esters is 1. The van der Waals surface area contributed by atoms with Crippen molar-refractivity contribution in [2.75, 3.05) is 25.5 Å². The number of carbonyl (C=O) groups excluding carboxylic acids is 4. The van der Waals surface area contributed by atoms with E-state index in [9.17, 15) is 19.2 Å². The van der Waals surface area contributed by atoms with E-state index in [0.29, 0.717) is 40.9 Å². The van der Waals surface area contributed by atoms with Gasteiger partial charge in [0.15, 0.2) is 0 Å². The van der Waals surface area contributed by atoms with Crippen molar-refractivity contribution in [2.24, 2.45) is 0 Å². The molecule has 0 unspecified atom stereocenters. The molecule has 4 amide bonds. The smallest absolute Gasteiger partial charge is 0.322 e. The Morgan fingerprint density at radius 3 is 2.50 bits per heavy atom. The van der Waals surface area contributed by atoms with Crippen LogP contribution in [0.2, 0.25) is 10.0 Å². The third kappa shape index (κ3) is 6.54. The number of para-hydroxylation sites is 2. The van der Waals surface area contributed by atoms with E-state index in [1.165, 1.54) is 9.80 Å². The molecule has 12 heteroatoms. The average Bonchev–Trinajstić information content (AvgIpc) is 3.69. The van der Waals surface area contributed by atoms with Gasteiger partial charge in [0, 0.05) is 48.8 Å². The number of nitrogens with zero attached hydrogens (tertiary/aromatic N) is 3. The van der Waals surface area contributed by atoms with E-state index in [4.69, 9.17) is 27.9 Å². The quantitative estimate of drug-likeness (QED) is 0.190. The molecule has 1 fully saturated rings. The SMILES string of the molecule is CN(CCC(=O)Oc1ccccc1)C(=O)[C@@H]1CCCN1C(=O)[C@H]1Cc2c([nH]c3ccccc23)CN1C(=O)Nc1ccc(Cl)c(Cl)c1. The number of nitrogens with one attached hydrogen (secondary N) is 2. The number of H-pyrrole nitrogens is 1. The van der Waals surface area contributed by atoms with E-state index in [0.717, 1.165) is 22.2 Å². The van der Waals surface area contributed by atoms with Gasteiger partial charge in [-0.25, -0.2) is 4.79 Å². The summed E-state index contributed by atoms with van der Waals surface area (Å²) in [6.45, 7) is 0.700. The molecule has 0 saturated carbocycles. The third-order valence-corrected chi connectivity index (χ3v) is 9.28. The van der Waals surface area contributed by atoms with Crippen LogP contribution in [-0.2, 0) is 27.3 Å². The summed E-state index contributed by atoms with van der Waals surface area (Å²) in [4.78, 5) is 62.1. The standard InChI is InChI=1S/C34H33Cl2N5O5/c1-39(17-15-31(42)46-22-8-3-2-4-9-22)32(43)29-12-7-16-40(29)33(44)30-19-24-23-10-5-6-11-27(23)38-28(24)20-41(30)34(45)37-21-13-14-25(35)26(36)18-21/h2-6,8-11,13-14,18,29-30,38H,7,12,15-17,19-20H2,1H3,(H,37,45)/t29-,30+/m0/s1. The Bertz CT molecular complexity index is 1800. The molecular formula is C34H33Cl2N5O5. The van der Waals surface area contributed by atoms with Crippen molar-refractivity contribution in [2.45, 2.75) is 44.3 Å². The summed E-state index contributed by atoms with van der Waals surface area (Å²) in [5.74, 6) is -0.570. The number of likely N-dealkylation sites (N-methyl/N-ethyl adjacent to an activating group) is 1. The predicted molar refractivity (Wildman–Crippen MR) is 176 cm³/mol. The monoisotopic (exact) mass is 661 g/mol. The number of carbonyl (C=O) groups is 4. The molecule has 238 valence electrons. The molecule has 2 aliphatic heterocycles. The number of benzene rings is 3. The molecule has 10 nitrogen and oxygen atoms in total. The highest BCUT2D eigenvalue weighted by atomic mass is 35.5. The molecule has 0 aliphatic carbocycles. The molecular weight excluding hydrogens is 629 g/mol. The van der Waals surface area contributed by atoms with Gasteiger partial charge in [-0.05, 0) is 54.8 Å². The Hall–Kier alpha value is -4.54. The molecule has 46 heavy (non-hydrogen) atoms. The maximum Gasteiger partial charge on any atom is 0.322 e. The first-order chi connectivity index (χ1) is 22.2. The second-order valence-electron chi connectivity index (χ2n) is 11.5. The number of likely N-dealkylation sites (tertiary alicyclic amines) is 1. The highest BCUT2D eigenvalue weighted by Crippen LogP contribution is 2.33. The van der Waals surface area contributed by atoms with Crippen LogP contribution in [0.15, 0.2) is 72.8 Å². The Kier molecular flexibility index (Phi) is 9.19. The molecule has 2 atom stereocenters. The molecule has 6 rings (SSSR count). The van der Waals surface area contributed by atoms with Gasteiger partial charge in [0.25, 0.3) is 0 Å². The summed E-state index contributed by atoms with van der Waals surface area (Å²) in [5, 5.41) is 4.50. The van der Waals surface area contributed by atoms with Crippen LogP contribution in [-0.4, -0.2) is 75.7 Å². The zero-order chi connectivity index (χ0) is 32.4. The second kappa shape index (κ2) is 13.4. The van der Waals surface area contributed by atoms with E-state index < -0.39 is 24.1 Å². The topological polar surface area (TPSA) is 115 Å².